The van der Waals surface area contributed by atoms with Crippen LogP contribution < -0.4 is 21.7 Å². The molecule has 2 heterocycles. The van der Waals surface area contributed by atoms with Crippen LogP contribution in [-0.2, 0) is 20.8 Å². The van der Waals surface area contributed by atoms with Gasteiger partial charge in [0.15, 0.2) is 17.0 Å². The molecule has 0 spiro atoms. The number of carbonyl (C=O) groups excluding carboxylic acids is 2. The first-order valence-corrected chi connectivity index (χ1v) is 13.2. The van der Waals surface area contributed by atoms with Gasteiger partial charge in [0.05, 0.1) is 18.4 Å². The van der Waals surface area contributed by atoms with Gasteiger partial charge in [0.25, 0.3) is 5.91 Å². The molecule has 0 bridgehead atoms. The number of hydrogen-bond donors (Lipinski definition) is 3. The second-order valence-electron chi connectivity index (χ2n) is 7.67. The van der Waals surface area contributed by atoms with Gasteiger partial charge in [-0.05, 0) is 44.5 Å². The maximum absolute atomic E-state index is 12.1. The number of nitrogen functional groups attached to an aromatic ring is 2. The molecule has 0 saturated carbocycles. The molecule has 0 unspecified atom stereocenters. The lowest BCUT2D eigenvalue weighted by Crippen LogP contribution is -2.24. The van der Waals surface area contributed by atoms with Crippen molar-refractivity contribution >= 4 is 41.3 Å². The van der Waals surface area contributed by atoms with Gasteiger partial charge in [-0.1, -0.05) is 27.2 Å². The van der Waals surface area contributed by atoms with Crippen molar-refractivity contribution in [2.24, 2.45) is 0 Å². The van der Waals surface area contributed by atoms with Crippen LogP contribution in [0, 0.1) is 0 Å². The first-order valence-electron chi connectivity index (χ1n) is 13.2. The van der Waals surface area contributed by atoms with Gasteiger partial charge in [0.1, 0.15) is 6.79 Å². The van der Waals surface area contributed by atoms with Gasteiger partial charge in [0.2, 0.25) is 5.95 Å². The lowest BCUT2D eigenvalue weighted by atomic mass is 10.1. The van der Waals surface area contributed by atoms with E-state index in [9.17, 15) is 4.79 Å². The van der Waals surface area contributed by atoms with Crippen LogP contribution in [0.4, 0.5) is 17.5 Å². The van der Waals surface area contributed by atoms with Gasteiger partial charge in [-0.3, -0.25) is 4.79 Å². The van der Waals surface area contributed by atoms with Crippen LogP contribution in [0.3, 0.4) is 0 Å². The summed E-state index contributed by atoms with van der Waals surface area (Å²) in [5, 5.41) is 2.91. The van der Waals surface area contributed by atoms with E-state index >= 15 is 0 Å². The fourth-order valence-electron chi connectivity index (χ4n) is 2.74. The van der Waals surface area contributed by atoms with E-state index in [1.807, 2.05) is 70.7 Å². The van der Waals surface area contributed by atoms with Gasteiger partial charge in [-0.15, -0.1) is 0 Å². The topological polar surface area (TPSA) is 171 Å². The van der Waals surface area contributed by atoms with Crippen LogP contribution in [0.25, 0.3) is 11.2 Å². The SMILES string of the molecule is C=O.CC.CCCCNC(=O)c1ccc(N(C)Cc2cnc3nc(N)nc(N)c3n2)cc1.CCOC.CCOC. The minimum absolute atomic E-state index is 0.0576. The van der Waals surface area contributed by atoms with Crippen LogP contribution in [0.5, 0.6) is 0 Å². The van der Waals surface area contributed by atoms with Crippen LogP contribution >= 0.6 is 0 Å². The lowest BCUT2D eigenvalue weighted by molar-refractivity contribution is -0.0980. The van der Waals surface area contributed by atoms with Crippen molar-refractivity contribution in [2.75, 3.05) is 57.4 Å². The summed E-state index contributed by atoms with van der Waals surface area (Å²) in [6.07, 6.45) is 3.66. The fourth-order valence-corrected chi connectivity index (χ4v) is 2.74. The number of benzene rings is 1. The van der Waals surface area contributed by atoms with Crippen molar-refractivity contribution < 1.29 is 19.1 Å². The number of methoxy groups -OCH3 is 2. The van der Waals surface area contributed by atoms with E-state index in [0.29, 0.717) is 29.8 Å². The molecule has 3 rings (SSSR count). The van der Waals surface area contributed by atoms with Crippen LogP contribution in [0.2, 0.25) is 0 Å². The Morgan fingerprint density at radius 3 is 2.02 bits per heavy atom. The number of nitrogens with two attached hydrogens (primary N) is 2. The maximum Gasteiger partial charge on any atom is 0.251 e. The Bertz CT molecular complexity index is 1060. The van der Waals surface area contributed by atoms with Crippen molar-refractivity contribution in [3.8, 4) is 0 Å². The number of nitrogens with one attached hydrogen (secondary N) is 1. The van der Waals surface area contributed by atoms with Crippen molar-refractivity contribution in [3.05, 3.63) is 41.7 Å². The molecular weight excluding hydrogens is 512 g/mol. The highest BCUT2D eigenvalue weighted by Gasteiger charge is 2.11. The Morgan fingerprint density at radius 2 is 1.52 bits per heavy atom. The summed E-state index contributed by atoms with van der Waals surface area (Å²) in [6, 6.07) is 7.43. The number of hydrogen-bond acceptors (Lipinski definition) is 11. The van der Waals surface area contributed by atoms with Crippen LogP contribution in [0.15, 0.2) is 30.5 Å². The summed E-state index contributed by atoms with van der Waals surface area (Å²) < 4.78 is 9.08. The van der Waals surface area contributed by atoms with E-state index in [2.05, 4.69) is 41.7 Å². The minimum Gasteiger partial charge on any atom is -0.385 e. The number of rotatable bonds is 9. The Morgan fingerprint density at radius 1 is 0.975 bits per heavy atom. The molecule has 0 fully saturated rings. The molecule has 0 aliphatic rings. The van der Waals surface area contributed by atoms with E-state index in [0.717, 1.165) is 37.4 Å². The molecule has 2 aromatic heterocycles. The third-order valence-electron chi connectivity index (χ3n) is 4.86. The van der Waals surface area contributed by atoms with Gasteiger partial charge in [0, 0.05) is 52.3 Å². The summed E-state index contributed by atoms with van der Waals surface area (Å²) in [7, 11) is 5.30. The highest BCUT2D eigenvalue weighted by Crippen LogP contribution is 2.18. The Balaban J connectivity index is 0. The molecule has 0 atom stereocenters. The Kier molecular flexibility index (Phi) is 23.1. The largest absolute Gasteiger partial charge is 0.385 e. The Labute approximate surface area is 238 Å². The van der Waals surface area contributed by atoms with Crippen LogP contribution in [-0.4, -0.2) is 73.7 Å². The van der Waals surface area contributed by atoms with Crippen LogP contribution in [0.1, 0.15) is 63.5 Å². The van der Waals surface area contributed by atoms with Gasteiger partial charge in [-0.2, -0.15) is 9.97 Å². The number of fused-ring (bicyclic) bond motifs is 1. The quantitative estimate of drug-likeness (QED) is 0.324. The zero-order chi connectivity index (χ0) is 30.9. The second kappa shape index (κ2) is 24.2. The monoisotopic (exact) mass is 560 g/mol. The number of unbranched alkanes of at least 4 members (excludes halogenated alkanes) is 1. The van der Waals surface area contributed by atoms with E-state index in [1.54, 1.807) is 20.4 Å². The van der Waals surface area contributed by atoms with E-state index in [-0.39, 0.29) is 17.7 Å². The number of amides is 1. The average molecular weight is 561 g/mol. The van der Waals surface area contributed by atoms with Gasteiger partial charge < -0.3 is 36.0 Å². The molecule has 12 nitrogen and oxygen atoms in total. The zero-order valence-corrected chi connectivity index (χ0v) is 25.4. The molecule has 5 N–H and O–H groups in total. The molecule has 1 aromatic carbocycles. The normalized spacial score (nSPS) is 9.30. The van der Waals surface area contributed by atoms with E-state index in [1.165, 1.54) is 0 Å². The predicted octanol–water partition coefficient (Wildman–Crippen LogP) is 3.90. The second-order valence-corrected chi connectivity index (χ2v) is 7.67. The van der Waals surface area contributed by atoms with Crippen molar-refractivity contribution in [2.45, 2.75) is 54.0 Å². The molecule has 0 saturated heterocycles. The average Bonchev–Trinajstić information content (AvgIpc) is 2.99. The molecular formula is C28H48N8O4. The maximum atomic E-state index is 12.1. The molecule has 224 valence electrons. The van der Waals surface area contributed by atoms with Crippen molar-refractivity contribution in [1.82, 2.24) is 25.3 Å². The standard InChI is InChI=1S/C19H24N8O.2C3H8O.C2H6.CH2O/c1-3-4-9-22-18(28)12-5-7-14(8-6-12)27(2)11-13-10-23-17-15(24-13)16(20)25-19(21)26-17;2*1-3-4-2;2*1-2/h5-8,10H,3-4,9,11H2,1-2H3,(H,22,28)(H4,20,21,23,25,26);2*3H2,1-2H3;1-2H3;1H2. The van der Waals surface area contributed by atoms with Gasteiger partial charge in [-0.25, -0.2) is 9.97 Å². The van der Waals surface area contributed by atoms with Gasteiger partial charge >= 0.3 is 0 Å². The van der Waals surface area contributed by atoms with Crippen molar-refractivity contribution in [1.29, 1.82) is 0 Å². The molecule has 12 heteroatoms. The number of anilines is 3. The molecule has 0 aliphatic heterocycles. The molecule has 0 aliphatic carbocycles. The predicted molar refractivity (Wildman–Crippen MR) is 163 cm³/mol. The summed E-state index contributed by atoms with van der Waals surface area (Å²) in [6.45, 7) is 14.8. The lowest BCUT2D eigenvalue weighted by Gasteiger charge is -2.19. The van der Waals surface area contributed by atoms with Crippen molar-refractivity contribution in [3.63, 3.8) is 0 Å². The zero-order valence-electron chi connectivity index (χ0n) is 25.4. The smallest absolute Gasteiger partial charge is 0.251 e. The summed E-state index contributed by atoms with van der Waals surface area (Å²) >= 11 is 0. The third kappa shape index (κ3) is 14.9. The molecule has 1 amide bonds. The fraction of sp³-hybridized carbons (Fsp3) is 0.500. The number of ether oxygens (including phenoxy) is 2. The summed E-state index contributed by atoms with van der Waals surface area (Å²) in [5.41, 5.74) is 14.6. The molecule has 0 radical (unpaired) electrons. The minimum atomic E-state index is -0.0576. The third-order valence-corrected chi connectivity index (χ3v) is 4.86. The number of nitrogens with zero attached hydrogens (tertiary/aromatic N) is 5. The summed E-state index contributed by atoms with van der Waals surface area (Å²) in [5.74, 6) is 0.221. The Hall–Kier alpha value is -3.90. The first-order chi connectivity index (χ1) is 19.3. The highest BCUT2D eigenvalue weighted by atomic mass is 16.5. The first kappa shape index (κ1) is 38.2. The molecule has 3 aromatic rings. The van der Waals surface area contributed by atoms with E-state index < -0.39 is 0 Å². The number of carbonyl (C=O) groups is 2. The number of aromatic nitrogens is 4. The van der Waals surface area contributed by atoms with E-state index in [4.69, 9.17) is 16.3 Å². The summed E-state index contributed by atoms with van der Waals surface area (Å²) in [4.78, 5) is 38.8. The molecule has 40 heavy (non-hydrogen) atoms. The highest BCUT2D eigenvalue weighted by molar-refractivity contribution is 5.94.